The molecule has 0 aliphatic carbocycles. The third kappa shape index (κ3) is 5.17. The minimum absolute atomic E-state index is 0.0516. The van der Waals surface area contributed by atoms with Gasteiger partial charge in [0.25, 0.3) is 11.5 Å². The molecule has 0 atom stereocenters. The highest BCUT2D eigenvalue weighted by Crippen LogP contribution is 2.25. The summed E-state index contributed by atoms with van der Waals surface area (Å²) in [5, 5.41) is 8.01. The van der Waals surface area contributed by atoms with Gasteiger partial charge in [0.05, 0.1) is 22.8 Å². The lowest BCUT2D eigenvalue weighted by molar-refractivity contribution is 0.0952. The van der Waals surface area contributed by atoms with Gasteiger partial charge in [0.2, 0.25) is 0 Å². The van der Waals surface area contributed by atoms with Crippen molar-refractivity contribution in [3.8, 4) is 0 Å². The first-order valence-electron chi connectivity index (χ1n) is 11.4. The number of aromatic amines is 1. The first kappa shape index (κ1) is 24.7. The van der Waals surface area contributed by atoms with E-state index in [0.717, 1.165) is 24.1 Å². The van der Waals surface area contributed by atoms with Gasteiger partial charge in [-0.15, -0.1) is 0 Å². The van der Waals surface area contributed by atoms with E-state index >= 15 is 0 Å². The Hall–Kier alpha value is -3.94. The van der Waals surface area contributed by atoms with Crippen LogP contribution in [0.25, 0.3) is 16.6 Å². The maximum absolute atomic E-state index is 13.4. The van der Waals surface area contributed by atoms with Gasteiger partial charge < -0.3 is 16.0 Å². The molecule has 0 unspecified atom stereocenters. The molecule has 8 nitrogen and oxygen atoms in total. The normalized spacial score (nSPS) is 12.1. The molecule has 0 saturated heterocycles. The Labute approximate surface area is 199 Å². The molecule has 3 aromatic heterocycles. The molecule has 34 heavy (non-hydrogen) atoms. The number of pyridine rings is 2. The number of aromatic nitrogens is 4. The van der Waals surface area contributed by atoms with Crippen LogP contribution in [0.4, 0.5) is 0 Å². The van der Waals surface area contributed by atoms with Crippen molar-refractivity contribution in [3.63, 3.8) is 0 Å². The summed E-state index contributed by atoms with van der Waals surface area (Å²) in [6.45, 7) is 11.8. The standard InChI is InChI=1S/C26H32N6O2/c1-6-8-18(10-11-27)23-13-20(22-15-29-32(16(3)4)24(22)31-23)25(33)28-14-21-19(9-7-2)12-17(5)30-26(21)34/h6,8,10-13,15-16H,1,7,9,14,27H2,2-5H3,(H,28,33)(H,30,34)/b11-10-,18-8+. The maximum atomic E-state index is 13.4. The summed E-state index contributed by atoms with van der Waals surface area (Å²) < 4.78 is 1.78. The average Bonchev–Trinajstić information content (AvgIpc) is 3.22. The number of carbonyl (C=O) groups excluding carboxylic acids is 1. The molecule has 0 fully saturated rings. The number of H-pyrrole nitrogens is 1. The molecule has 0 aliphatic rings. The Morgan fingerprint density at radius 1 is 1.35 bits per heavy atom. The zero-order valence-corrected chi connectivity index (χ0v) is 20.2. The molecule has 0 aromatic carbocycles. The van der Waals surface area contributed by atoms with Crippen molar-refractivity contribution in [2.24, 2.45) is 5.73 Å². The van der Waals surface area contributed by atoms with Crippen LogP contribution < -0.4 is 16.6 Å². The molecular weight excluding hydrogens is 428 g/mol. The van der Waals surface area contributed by atoms with Crippen LogP contribution >= 0.6 is 0 Å². The van der Waals surface area contributed by atoms with E-state index in [4.69, 9.17) is 10.7 Å². The number of nitrogens with zero attached hydrogens (tertiary/aromatic N) is 3. The highest BCUT2D eigenvalue weighted by atomic mass is 16.1. The average molecular weight is 461 g/mol. The van der Waals surface area contributed by atoms with Gasteiger partial charge in [0.1, 0.15) is 0 Å². The zero-order chi connectivity index (χ0) is 24.8. The van der Waals surface area contributed by atoms with Gasteiger partial charge in [-0.2, -0.15) is 5.10 Å². The first-order valence-corrected chi connectivity index (χ1v) is 11.4. The van der Waals surface area contributed by atoms with Gasteiger partial charge >= 0.3 is 0 Å². The molecule has 0 radical (unpaired) electrons. The van der Waals surface area contributed by atoms with Crippen molar-refractivity contribution in [1.29, 1.82) is 0 Å². The summed E-state index contributed by atoms with van der Waals surface area (Å²) in [5.74, 6) is -0.311. The van der Waals surface area contributed by atoms with Crippen LogP contribution in [0.1, 0.15) is 66.1 Å². The highest BCUT2D eigenvalue weighted by molar-refractivity contribution is 6.06. The third-order valence-corrected chi connectivity index (χ3v) is 5.48. The molecule has 1 amide bonds. The van der Waals surface area contributed by atoms with Crippen LogP contribution in [0.15, 0.2) is 54.1 Å². The summed E-state index contributed by atoms with van der Waals surface area (Å²) in [7, 11) is 0. The molecule has 3 rings (SSSR count). The van der Waals surface area contributed by atoms with Gasteiger partial charge in [0.15, 0.2) is 5.65 Å². The van der Waals surface area contributed by atoms with Crippen molar-refractivity contribution in [2.45, 2.75) is 53.1 Å². The fourth-order valence-electron chi connectivity index (χ4n) is 3.92. The van der Waals surface area contributed by atoms with E-state index in [-0.39, 0.29) is 24.1 Å². The van der Waals surface area contributed by atoms with E-state index in [9.17, 15) is 9.59 Å². The van der Waals surface area contributed by atoms with E-state index in [2.05, 4.69) is 28.9 Å². The Kier molecular flexibility index (Phi) is 7.83. The minimum Gasteiger partial charge on any atom is -0.405 e. The lowest BCUT2D eigenvalue weighted by atomic mass is 10.0. The van der Waals surface area contributed by atoms with Gasteiger partial charge in [-0.05, 0) is 57.2 Å². The Balaban J connectivity index is 2.07. The van der Waals surface area contributed by atoms with Gasteiger partial charge in [-0.25, -0.2) is 9.67 Å². The molecule has 3 heterocycles. The lowest BCUT2D eigenvalue weighted by Gasteiger charge is -2.13. The van der Waals surface area contributed by atoms with Crippen molar-refractivity contribution < 1.29 is 4.79 Å². The van der Waals surface area contributed by atoms with Crippen LogP contribution in [-0.2, 0) is 13.0 Å². The molecule has 8 heteroatoms. The smallest absolute Gasteiger partial charge is 0.253 e. The van der Waals surface area contributed by atoms with Crippen LogP contribution in [0.2, 0.25) is 0 Å². The van der Waals surface area contributed by atoms with Crippen LogP contribution in [0, 0.1) is 6.92 Å². The first-order chi connectivity index (χ1) is 16.3. The van der Waals surface area contributed by atoms with E-state index in [1.54, 1.807) is 35.2 Å². The van der Waals surface area contributed by atoms with E-state index in [1.807, 2.05) is 26.8 Å². The molecule has 0 bridgehead atoms. The van der Waals surface area contributed by atoms with Crippen molar-refractivity contribution in [1.82, 2.24) is 25.1 Å². The van der Waals surface area contributed by atoms with Crippen LogP contribution in [0.3, 0.4) is 0 Å². The Bertz CT molecular complexity index is 1330. The summed E-state index contributed by atoms with van der Waals surface area (Å²) in [5.41, 5.74) is 10.1. The van der Waals surface area contributed by atoms with Crippen LogP contribution in [0.5, 0.6) is 0 Å². The van der Waals surface area contributed by atoms with Gasteiger partial charge in [0, 0.05) is 29.4 Å². The number of nitrogens with two attached hydrogens (primary N) is 1. The fourth-order valence-corrected chi connectivity index (χ4v) is 3.92. The quantitative estimate of drug-likeness (QED) is 0.418. The minimum atomic E-state index is -0.311. The number of hydrogen-bond donors (Lipinski definition) is 3. The number of amides is 1. The predicted molar refractivity (Wildman–Crippen MR) is 136 cm³/mol. The van der Waals surface area contributed by atoms with Gasteiger partial charge in [-0.3, -0.25) is 9.59 Å². The van der Waals surface area contributed by atoms with Gasteiger partial charge in [-0.1, -0.05) is 32.1 Å². The maximum Gasteiger partial charge on any atom is 0.253 e. The zero-order valence-electron chi connectivity index (χ0n) is 20.2. The van der Waals surface area contributed by atoms with Crippen LogP contribution in [-0.4, -0.2) is 25.7 Å². The molecule has 4 N–H and O–H groups in total. The van der Waals surface area contributed by atoms with Crippen molar-refractivity contribution >= 4 is 22.5 Å². The number of aryl methyl sites for hydroxylation is 2. The summed E-state index contributed by atoms with van der Waals surface area (Å²) >= 11 is 0. The molecule has 0 saturated carbocycles. The number of carbonyl (C=O) groups is 1. The molecule has 0 aliphatic heterocycles. The molecule has 3 aromatic rings. The fraction of sp³-hybridized carbons (Fsp3) is 0.308. The monoisotopic (exact) mass is 460 g/mol. The third-order valence-electron chi connectivity index (χ3n) is 5.48. The second-order valence-corrected chi connectivity index (χ2v) is 8.41. The summed E-state index contributed by atoms with van der Waals surface area (Å²) in [4.78, 5) is 33.6. The molecule has 0 spiro atoms. The number of nitrogens with one attached hydrogen (secondary N) is 2. The lowest BCUT2D eigenvalue weighted by Crippen LogP contribution is -2.28. The molecular formula is C26H32N6O2. The Morgan fingerprint density at radius 2 is 2.12 bits per heavy atom. The summed E-state index contributed by atoms with van der Waals surface area (Å²) in [6.07, 6.45) is 9.85. The molecule has 178 valence electrons. The van der Waals surface area contributed by atoms with Crippen molar-refractivity contribution in [3.05, 3.63) is 87.8 Å². The highest BCUT2D eigenvalue weighted by Gasteiger charge is 2.19. The topological polar surface area (TPSA) is 119 Å². The number of allylic oxidation sites excluding steroid dienone is 4. The SMILES string of the molecule is C=C/C=C(\C=C/N)c1cc(C(=O)NCc2c(CCC)cc(C)[nH]c2=O)c2cnn(C(C)C)c2n1. The second-order valence-electron chi connectivity index (χ2n) is 8.41. The van der Waals surface area contributed by atoms with Crippen molar-refractivity contribution in [2.75, 3.05) is 0 Å². The number of fused-ring (bicyclic) bond motifs is 1. The predicted octanol–water partition coefficient (Wildman–Crippen LogP) is 3.93. The number of rotatable bonds is 9. The van der Waals surface area contributed by atoms with E-state index in [0.29, 0.717) is 33.4 Å². The number of hydrogen-bond acceptors (Lipinski definition) is 5. The van der Waals surface area contributed by atoms with E-state index < -0.39 is 0 Å². The summed E-state index contributed by atoms with van der Waals surface area (Å²) in [6, 6.07) is 3.73. The van der Waals surface area contributed by atoms with E-state index in [1.165, 1.54) is 6.20 Å². The second kappa shape index (κ2) is 10.8. The largest absolute Gasteiger partial charge is 0.405 e. The Morgan fingerprint density at radius 3 is 2.76 bits per heavy atom.